The minimum atomic E-state index is -0.928. The first-order chi connectivity index (χ1) is 5.63. The van der Waals surface area contributed by atoms with E-state index in [1.165, 1.54) is 0 Å². The topological polar surface area (TPSA) is 92.5 Å². The monoisotopic (exact) mass is 176 g/mol. The summed E-state index contributed by atoms with van der Waals surface area (Å²) in [6.07, 6.45) is 0.609. The molecular weight excluding hydrogens is 156 g/mol. The molecule has 3 unspecified atom stereocenters. The van der Waals surface area contributed by atoms with Crippen molar-refractivity contribution in [2.24, 2.45) is 17.4 Å². The molecule has 0 aliphatic heterocycles. The summed E-state index contributed by atoms with van der Waals surface area (Å²) in [5.41, 5.74) is 10.6. The second-order valence-electron chi connectivity index (χ2n) is 3.06. The van der Waals surface area contributed by atoms with Crippen LogP contribution in [0.25, 0.3) is 0 Å². The Bertz CT molecular complexity index is 109. The number of nitrogens with two attached hydrogens (primary N) is 2. The maximum absolute atomic E-state index is 9.51. The van der Waals surface area contributed by atoms with Crippen molar-refractivity contribution in [3.05, 3.63) is 0 Å². The molecule has 4 nitrogen and oxygen atoms in total. The standard InChI is InChI=1S/C8H20N2O2/c1-2-6(8(10)12)7(11)4-3-5-9/h6-8,11-12H,2-5,9-10H2,1H3. The fourth-order valence-corrected chi connectivity index (χ4v) is 1.28. The van der Waals surface area contributed by atoms with Gasteiger partial charge in [0.15, 0.2) is 0 Å². The van der Waals surface area contributed by atoms with Crippen LogP contribution in [0.15, 0.2) is 0 Å². The van der Waals surface area contributed by atoms with Gasteiger partial charge in [-0.05, 0) is 25.8 Å². The molecule has 0 aromatic carbocycles. The Hall–Kier alpha value is -0.160. The summed E-state index contributed by atoms with van der Waals surface area (Å²) in [4.78, 5) is 0. The quantitative estimate of drug-likeness (QED) is 0.406. The Labute approximate surface area is 73.6 Å². The third-order valence-corrected chi connectivity index (χ3v) is 2.11. The third kappa shape index (κ3) is 4.01. The van der Waals surface area contributed by atoms with E-state index in [1.54, 1.807) is 0 Å². The van der Waals surface area contributed by atoms with Crippen LogP contribution in [0, 0.1) is 5.92 Å². The van der Waals surface area contributed by atoms with Gasteiger partial charge in [-0.1, -0.05) is 6.92 Å². The molecule has 0 aliphatic carbocycles. The molecule has 0 aromatic rings. The average molecular weight is 176 g/mol. The largest absolute Gasteiger partial charge is 0.393 e. The summed E-state index contributed by atoms with van der Waals surface area (Å²) >= 11 is 0. The Kier molecular flexibility index (Phi) is 6.28. The van der Waals surface area contributed by atoms with Gasteiger partial charge in [-0.15, -0.1) is 0 Å². The van der Waals surface area contributed by atoms with E-state index < -0.39 is 12.3 Å². The van der Waals surface area contributed by atoms with Crippen molar-refractivity contribution >= 4 is 0 Å². The molecule has 0 aliphatic rings. The predicted octanol–water partition coefficient (Wildman–Crippen LogP) is -0.610. The van der Waals surface area contributed by atoms with Gasteiger partial charge in [-0.2, -0.15) is 0 Å². The second-order valence-corrected chi connectivity index (χ2v) is 3.06. The van der Waals surface area contributed by atoms with Crippen LogP contribution >= 0.6 is 0 Å². The van der Waals surface area contributed by atoms with Gasteiger partial charge in [0.25, 0.3) is 0 Å². The van der Waals surface area contributed by atoms with Crippen molar-refractivity contribution in [2.45, 2.75) is 38.5 Å². The summed E-state index contributed by atoms with van der Waals surface area (Å²) in [7, 11) is 0. The van der Waals surface area contributed by atoms with E-state index in [-0.39, 0.29) is 5.92 Å². The molecule has 0 saturated carbocycles. The summed E-state index contributed by atoms with van der Waals surface area (Å²) in [5.74, 6) is -0.225. The molecule has 6 N–H and O–H groups in total. The van der Waals surface area contributed by atoms with E-state index in [2.05, 4.69) is 0 Å². The minimum Gasteiger partial charge on any atom is -0.393 e. The number of rotatable bonds is 6. The molecule has 12 heavy (non-hydrogen) atoms. The van der Waals surface area contributed by atoms with Crippen LogP contribution in [-0.4, -0.2) is 29.1 Å². The molecule has 0 saturated heterocycles. The zero-order valence-electron chi connectivity index (χ0n) is 7.61. The summed E-state index contributed by atoms with van der Waals surface area (Å²) in [6, 6.07) is 0. The third-order valence-electron chi connectivity index (χ3n) is 2.11. The lowest BCUT2D eigenvalue weighted by Gasteiger charge is -2.23. The molecule has 0 rings (SSSR count). The lowest BCUT2D eigenvalue weighted by molar-refractivity contribution is 0.00904. The van der Waals surface area contributed by atoms with Crippen LogP contribution in [0.3, 0.4) is 0 Å². The van der Waals surface area contributed by atoms with Crippen molar-refractivity contribution in [1.82, 2.24) is 0 Å². The van der Waals surface area contributed by atoms with Gasteiger partial charge in [0, 0.05) is 5.92 Å². The van der Waals surface area contributed by atoms with E-state index in [4.69, 9.17) is 16.6 Å². The molecule has 3 atom stereocenters. The van der Waals surface area contributed by atoms with Gasteiger partial charge in [0.2, 0.25) is 0 Å². The molecule has 0 bridgehead atoms. The highest BCUT2D eigenvalue weighted by Gasteiger charge is 2.21. The molecule has 0 aromatic heterocycles. The molecule has 4 heteroatoms. The number of aliphatic hydroxyl groups excluding tert-OH is 2. The number of hydrogen-bond acceptors (Lipinski definition) is 4. The summed E-state index contributed by atoms with van der Waals surface area (Å²) in [6.45, 7) is 2.46. The zero-order valence-corrected chi connectivity index (χ0v) is 7.61. The Morgan fingerprint density at radius 1 is 1.33 bits per heavy atom. The maximum atomic E-state index is 9.51. The highest BCUT2D eigenvalue weighted by Crippen LogP contribution is 2.14. The van der Waals surface area contributed by atoms with Gasteiger partial charge in [-0.25, -0.2) is 0 Å². The van der Waals surface area contributed by atoms with E-state index in [1.807, 2.05) is 6.92 Å². The highest BCUT2D eigenvalue weighted by atomic mass is 16.3. The van der Waals surface area contributed by atoms with Gasteiger partial charge in [0.05, 0.1) is 6.10 Å². The van der Waals surface area contributed by atoms with Crippen LogP contribution in [0.4, 0.5) is 0 Å². The van der Waals surface area contributed by atoms with Crippen molar-refractivity contribution < 1.29 is 10.2 Å². The molecule has 0 spiro atoms. The summed E-state index contributed by atoms with van der Waals surface area (Å²) < 4.78 is 0. The first-order valence-corrected chi connectivity index (χ1v) is 4.45. The smallest absolute Gasteiger partial charge is 0.107 e. The van der Waals surface area contributed by atoms with E-state index >= 15 is 0 Å². The van der Waals surface area contributed by atoms with Gasteiger partial charge in [-0.3, -0.25) is 0 Å². The Morgan fingerprint density at radius 2 is 1.92 bits per heavy atom. The number of aliphatic hydroxyl groups is 2. The normalized spacial score (nSPS) is 18.8. The first-order valence-electron chi connectivity index (χ1n) is 4.45. The molecule has 0 fully saturated rings. The molecule has 0 radical (unpaired) electrons. The van der Waals surface area contributed by atoms with Crippen LogP contribution in [0.5, 0.6) is 0 Å². The Balaban J connectivity index is 3.77. The Morgan fingerprint density at radius 3 is 2.25 bits per heavy atom. The molecular formula is C8H20N2O2. The van der Waals surface area contributed by atoms with Gasteiger partial charge < -0.3 is 21.7 Å². The fraction of sp³-hybridized carbons (Fsp3) is 1.00. The van der Waals surface area contributed by atoms with Crippen LogP contribution in [0.2, 0.25) is 0 Å². The van der Waals surface area contributed by atoms with Crippen molar-refractivity contribution in [1.29, 1.82) is 0 Å². The van der Waals surface area contributed by atoms with Gasteiger partial charge in [0.1, 0.15) is 6.23 Å². The van der Waals surface area contributed by atoms with E-state index in [0.717, 1.165) is 6.42 Å². The number of hydrogen-bond donors (Lipinski definition) is 4. The van der Waals surface area contributed by atoms with Gasteiger partial charge >= 0.3 is 0 Å². The molecule has 0 amide bonds. The SMILES string of the molecule is CCC(C(N)O)C(O)CCCN. The van der Waals surface area contributed by atoms with Crippen molar-refractivity contribution in [3.63, 3.8) is 0 Å². The molecule has 74 valence electrons. The van der Waals surface area contributed by atoms with Crippen molar-refractivity contribution in [3.8, 4) is 0 Å². The highest BCUT2D eigenvalue weighted by molar-refractivity contribution is 4.71. The van der Waals surface area contributed by atoms with Crippen LogP contribution < -0.4 is 11.5 Å². The average Bonchev–Trinajstić information content (AvgIpc) is 2.01. The van der Waals surface area contributed by atoms with Crippen molar-refractivity contribution in [2.75, 3.05) is 6.54 Å². The minimum absolute atomic E-state index is 0.225. The lowest BCUT2D eigenvalue weighted by Crippen LogP contribution is -2.37. The second kappa shape index (κ2) is 6.37. The predicted molar refractivity (Wildman–Crippen MR) is 48.3 cm³/mol. The molecule has 0 heterocycles. The van der Waals surface area contributed by atoms with Crippen LogP contribution in [0.1, 0.15) is 26.2 Å². The maximum Gasteiger partial charge on any atom is 0.107 e. The van der Waals surface area contributed by atoms with Crippen LogP contribution in [-0.2, 0) is 0 Å². The van der Waals surface area contributed by atoms with E-state index in [0.29, 0.717) is 19.4 Å². The zero-order chi connectivity index (χ0) is 9.56. The van der Waals surface area contributed by atoms with E-state index in [9.17, 15) is 5.11 Å². The first kappa shape index (κ1) is 11.8. The lowest BCUT2D eigenvalue weighted by atomic mass is 9.94. The fourth-order valence-electron chi connectivity index (χ4n) is 1.28. The summed E-state index contributed by atoms with van der Waals surface area (Å²) in [5, 5.41) is 18.6.